The molecule has 152 valence electrons. The van der Waals surface area contributed by atoms with Crippen LogP contribution in [0, 0.1) is 6.92 Å². The summed E-state index contributed by atoms with van der Waals surface area (Å²) in [6.45, 7) is 2.68. The van der Waals surface area contributed by atoms with Crippen molar-refractivity contribution >= 4 is 11.6 Å². The molecule has 1 fully saturated rings. The van der Waals surface area contributed by atoms with Gasteiger partial charge in [-0.05, 0) is 50.5 Å². The highest BCUT2D eigenvalue weighted by Gasteiger charge is 2.22. The van der Waals surface area contributed by atoms with Gasteiger partial charge in [-0.1, -0.05) is 6.07 Å². The van der Waals surface area contributed by atoms with Crippen molar-refractivity contribution in [2.75, 3.05) is 6.61 Å². The fourth-order valence-electron chi connectivity index (χ4n) is 3.77. The lowest BCUT2D eigenvalue weighted by Crippen LogP contribution is -2.18. The number of nitrogens with zero attached hydrogens (tertiary/aromatic N) is 6. The molecule has 9 nitrogen and oxygen atoms in total. The van der Waals surface area contributed by atoms with Crippen molar-refractivity contribution in [2.24, 2.45) is 5.73 Å². The smallest absolute Gasteiger partial charge is 0.287 e. The molecule has 1 atom stereocenters. The molecule has 9 heteroatoms. The van der Waals surface area contributed by atoms with Crippen molar-refractivity contribution in [3.63, 3.8) is 0 Å². The predicted molar refractivity (Wildman–Crippen MR) is 110 cm³/mol. The lowest BCUT2D eigenvalue weighted by Gasteiger charge is -2.22. The highest BCUT2D eigenvalue weighted by molar-refractivity contribution is 5.90. The Morgan fingerprint density at radius 1 is 1.17 bits per heavy atom. The normalized spacial score (nSPS) is 16.8. The number of nitrogens with two attached hydrogens (primary N) is 1. The van der Waals surface area contributed by atoms with Crippen LogP contribution in [0.25, 0.3) is 28.2 Å². The molecule has 2 N–H and O–H groups in total. The van der Waals surface area contributed by atoms with Crippen LogP contribution in [0.3, 0.4) is 0 Å². The summed E-state index contributed by atoms with van der Waals surface area (Å²) in [4.78, 5) is 16.4. The topological polar surface area (TPSA) is 113 Å². The van der Waals surface area contributed by atoms with E-state index in [1.165, 1.54) is 0 Å². The highest BCUT2D eigenvalue weighted by atomic mass is 16.5. The van der Waals surface area contributed by atoms with Gasteiger partial charge in [0.25, 0.3) is 5.91 Å². The van der Waals surface area contributed by atoms with Gasteiger partial charge in [0.2, 0.25) is 5.82 Å². The minimum atomic E-state index is -0.633. The van der Waals surface area contributed by atoms with Gasteiger partial charge in [0.05, 0.1) is 5.69 Å². The molecule has 0 aliphatic carbocycles. The van der Waals surface area contributed by atoms with E-state index in [1.54, 1.807) is 16.7 Å². The number of pyridine rings is 2. The maximum atomic E-state index is 11.7. The number of aromatic nitrogens is 6. The average molecular weight is 403 g/mol. The second-order valence-electron chi connectivity index (χ2n) is 7.39. The molecule has 0 saturated carbocycles. The SMILES string of the molecule is Cc1cccc(-c2nn(C3CCCCO3)cc2-c2ccc3nnc(C(N)=O)n3c2)n1. The number of carbonyl (C=O) groups is 1. The molecule has 0 bridgehead atoms. The first kappa shape index (κ1) is 18.4. The molecule has 5 rings (SSSR count). The van der Waals surface area contributed by atoms with Crippen LogP contribution in [-0.2, 0) is 4.74 Å². The lowest BCUT2D eigenvalue weighted by molar-refractivity contribution is -0.0393. The summed E-state index contributed by atoms with van der Waals surface area (Å²) >= 11 is 0. The third-order valence-corrected chi connectivity index (χ3v) is 5.25. The number of fused-ring (bicyclic) bond motifs is 1. The number of hydrogen-bond donors (Lipinski definition) is 1. The monoisotopic (exact) mass is 403 g/mol. The van der Waals surface area contributed by atoms with Crippen LogP contribution in [0.5, 0.6) is 0 Å². The van der Waals surface area contributed by atoms with Crippen LogP contribution in [0.15, 0.2) is 42.7 Å². The first-order chi connectivity index (χ1) is 14.6. The third-order valence-electron chi connectivity index (χ3n) is 5.25. The Hall–Kier alpha value is -3.59. The van der Waals surface area contributed by atoms with E-state index in [0.717, 1.165) is 54.1 Å². The van der Waals surface area contributed by atoms with Gasteiger partial charge in [0.1, 0.15) is 11.9 Å². The molecule has 0 spiro atoms. The number of ether oxygens (including phenoxy) is 1. The number of primary amides is 1. The number of carbonyl (C=O) groups excluding carboxylic acids is 1. The van der Waals surface area contributed by atoms with Gasteiger partial charge < -0.3 is 10.5 Å². The molecule has 0 aromatic carbocycles. The molecule has 4 aromatic rings. The molecule has 5 heterocycles. The molecule has 0 radical (unpaired) electrons. The first-order valence-electron chi connectivity index (χ1n) is 9.90. The maximum absolute atomic E-state index is 11.7. The molecular formula is C21H21N7O2. The number of amides is 1. The van der Waals surface area contributed by atoms with Crippen LogP contribution in [-0.4, -0.2) is 41.9 Å². The summed E-state index contributed by atoms with van der Waals surface area (Å²) in [5, 5.41) is 12.7. The molecule has 1 aliphatic rings. The van der Waals surface area contributed by atoms with Gasteiger partial charge in [0, 0.05) is 35.8 Å². The maximum Gasteiger partial charge on any atom is 0.287 e. The quantitative estimate of drug-likeness (QED) is 0.560. The predicted octanol–water partition coefficient (Wildman–Crippen LogP) is 2.76. The van der Waals surface area contributed by atoms with E-state index >= 15 is 0 Å². The minimum Gasteiger partial charge on any atom is -0.363 e. The van der Waals surface area contributed by atoms with Crippen molar-refractivity contribution in [1.29, 1.82) is 0 Å². The summed E-state index contributed by atoms with van der Waals surface area (Å²) in [5.74, 6) is -0.545. The van der Waals surface area contributed by atoms with Gasteiger partial charge in [-0.3, -0.25) is 14.2 Å². The van der Waals surface area contributed by atoms with Crippen LogP contribution >= 0.6 is 0 Å². The Morgan fingerprint density at radius 2 is 2.07 bits per heavy atom. The Balaban J connectivity index is 1.68. The van der Waals surface area contributed by atoms with Gasteiger partial charge in [-0.25, -0.2) is 4.68 Å². The zero-order valence-corrected chi connectivity index (χ0v) is 16.5. The van der Waals surface area contributed by atoms with Crippen molar-refractivity contribution < 1.29 is 9.53 Å². The second-order valence-corrected chi connectivity index (χ2v) is 7.39. The molecule has 1 aliphatic heterocycles. The Kier molecular flexibility index (Phi) is 4.51. The zero-order valence-electron chi connectivity index (χ0n) is 16.5. The van der Waals surface area contributed by atoms with Crippen molar-refractivity contribution in [2.45, 2.75) is 32.4 Å². The number of aryl methyl sites for hydroxylation is 1. The van der Waals surface area contributed by atoms with E-state index in [-0.39, 0.29) is 12.1 Å². The summed E-state index contributed by atoms with van der Waals surface area (Å²) in [7, 11) is 0. The Bertz CT molecular complexity index is 1240. The molecule has 4 aromatic heterocycles. The van der Waals surface area contributed by atoms with Crippen molar-refractivity contribution in [3.05, 3.63) is 54.2 Å². The van der Waals surface area contributed by atoms with E-state index in [2.05, 4.69) is 15.2 Å². The van der Waals surface area contributed by atoms with Gasteiger partial charge in [-0.15, -0.1) is 10.2 Å². The van der Waals surface area contributed by atoms with Crippen LogP contribution < -0.4 is 5.73 Å². The van der Waals surface area contributed by atoms with Gasteiger partial charge >= 0.3 is 0 Å². The molecular weight excluding hydrogens is 382 g/mol. The summed E-state index contributed by atoms with van der Waals surface area (Å²) in [5.41, 5.74) is 10.2. The Labute approximate surface area is 172 Å². The fraction of sp³-hybridized carbons (Fsp3) is 0.286. The third kappa shape index (κ3) is 3.22. The van der Waals surface area contributed by atoms with E-state index < -0.39 is 5.91 Å². The molecule has 1 saturated heterocycles. The van der Waals surface area contributed by atoms with E-state index in [1.807, 2.05) is 42.1 Å². The lowest BCUT2D eigenvalue weighted by atomic mass is 10.1. The number of rotatable bonds is 4. The van der Waals surface area contributed by atoms with E-state index in [9.17, 15) is 4.79 Å². The summed E-state index contributed by atoms with van der Waals surface area (Å²) in [6.07, 6.45) is 6.76. The fourth-order valence-corrected chi connectivity index (χ4v) is 3.77. The zero-order chi connectivity index (χ0) is 20.7. The standard InChI is InChI=1S/C21H21N7O2/c1-13-5-4-6-16(23-13)19-15(12-28(26-19)18-7-2-3-10-30-18)14-8-9-17-24-25-21(20(22)29)27(17)11-14/h4-6,8-9,11-12,18H,2-3,7,10H2,1H3,(H2,22,29). The van der Waals surface area contributed by atoms with Crippen molar-refractivity contribution in [3.8, 4) is 22.5 Å². The van der Waals surface area contributed by atoms with Gasteiger partial charge in [-0.2, -0.15) is 5.10 Å². The summed E-state index contributed by atoms with van der Waals surface area (Å²) in [6, 6.07) is 9.59. The van der Waals surface area contributed by atoms with Crippen molar-refractivity contribution in [1.82, 2.24) is 29.4 Å². The highest BCUT2D eigenvalue weighted by Crippen LogP contribution is 2.33. The average Bonchev–Trinajstić information content (AvgIpc) is 3.39. The molecule has 30 heavy (non-hydrogen) atoms. The largest absolute Gasteiger partial charge is 0.363 e. The summed E-state index contributed by atoms with van der Waals surface area (Å²) < 4.78 is 9.40. The first-order valence-corrected chi connectivity index (χ1v) is 9.90. The van der Waals surface area contributed by atoms with Crippen LogP contribution in [0.1, 0.15) is 41.8 Å². The second kappa shape index (κ2) is 7.34. The number of hydrogen-bond acceptors (Lipinski definition) is 6. The van der Waals surface area contributed by atoms with Gasteiger partial charge in [0.15, 0.2) is 5.65 Å². The minimum absolute atomic E-state index is 0.0880. The molecule has 1 amide bonds. The van der Waals surface area contributed by atoms with Crippen LogP contribution in [0.2, 0.25) is 0 Å². The Morgan fingerprint density at radius 3 is 2.83 bits per heavy atom. The van der Waals surface area contributed by atoms with E-state index in [4.69, 9.17) is 15.6 Å². The van der Waals surface area contributed by atoms with Crippen LogP contribution in [0.4, 0.5) is 0 Å². The van der Waals surface area contributed by atoms with E-state index in [0.29, 0.717) is 5.65 Å². The molecule has 1 unspecified atom stereocenters.